The predicted molar refractivity (Wildman–Crippen MR) is 134 cm³/mol. The second-order valence-electron chi connectivity index (χ2n) is 8.71. The maximum absolute atomic E-state index is 15.3. The first-order chi connectivity index (χ1) is 17.4. The highest BCUT2D eigenvalue weighted by Crippen LogP contribution is 2.69. The molecule has 0 radical (unpaired) electrons. The number of nitrogens with two attached hydrogens (primary N) is 1. The number of carbonyl (C=O) groups is 1. The number of aromatic nitrogens is 2. The molecule has 7 nitrogen and oxygen atoms in total. The Hall–Kier alpha value is -3.00. The van der Waals surface area contributed by atoms with Gasteiger partial charge in [0.15, 0.2) is 5.17 Å². The topological polar surface area (TPSA) is 93.7 Å². The van der Waals surface area contributed by atoms with E-state index in [9.17, 15) is 4.79 Å². The van der Waals surface area contributed by atoms with Gasteiger partial charge in [0.25, 0.3) is 0 Å². The lowest BCUT2D eigenvalue weighted by Crippen LogP contribution is -2.45. The maximum atomic E-state index is 15.3. The molecule has 0 unspecified atom stereocenters. The van der Waals surface area contributed by atoms with E-state index in [4.69, 9.17) is 22.1 Å². The molecule has 0 bridgehead atoms. The average Bonchev–Trinajstić information content (AvgIpc) is 3.63. The number of aldehydes is 1. The molecular weight excluding hydrogens is 508 g/mol. The summed E-state index contributed by atoms with van der Waals surface area (Å²) in [5.41, 5.74) is 5.98. The van der Waals surface area contributed by atoms with Gasteiger partial charge >= 0.3 is 0 Å². The molecule has 3 atom stereocenters. The van der Waals surface area contributed by atoms with Crippen molar-refractivity contribution < 1.29 is 18.3 Å². The monoisotopic (exact) mass is 529 g/mol. The molecular formula is C25H22ClF2N5O2S. The quantitative estimate of drug-likeness (QED) is 0.361. The molecule has 5 rings (SSSR count). The van der Waals surface area contributed by atoms with Gasteiger partial charge in [0.2, 0.25) is 5.82 Å². The van der Waals surface area contributed by atoms with E-state index in [0.29, 0.717) is 43.3 Å². The van der Waals surface area contributed by atoms with Gasteiger partial charge in [-0.2, -0.15) is 0 Å². The van der Waals surface area contributed by atoms with Crippen LogP contribution in [-0.2, 0) is 15.1 Å². The average molecular weight is 530 g/mol. The molecule has 3 aliphatic rings. The number of fused-ring (bicyclic) bond motifs is 1. The van der Waals surface area contributed by atoms with Crippen molar-refractivity contribution in [3.8, 4) is 11.8 Å². The van der Waals surface area contributed by atoms with Crippen LogP contribution in [0.4, 0.5) is 8.78 Å². The molecule has 1 aromatic carbocycles. The summed E-state index contributed by atoms with van der Waals surface area (Å²) in [6.45, 7) is 1.28. The van der Waals surface area contributed by atoms with Crippen LogP contribution in [0.15, 0.2) is 47.4 Å². The molecule has 2 N–H and O–H groups in total. The first kappa shape index (κ1) is 24.7. The fourth-order valence-electron chi connectivity index (χ4n) is 5.00. The van der Waals surface area contributed by atoms with Crippen LogP contribution in [0.3, 0.4) is 0 Å². The summed E-state index contributed by atoms with van der Waals surface area (Å²) in [6, 6.07) is 4.26. The number of carbonyl (C=O) groups excluding carboxylic acids is 1. The van der Waals surface area contributed by atoms with Crippen LogP contribution in [0.2, 0.25) is 5.02 Å². The number of hydrogen-bond donors (Lipinski definition) is 1. The summed E-state index contributed by atoms with van der Waals surface area (Å²) in [5.74, 6) is 4.95. The van der Waals surface area contributed by atoms with Gasteiger partial charge in [-0.05, 0) is 36.6 Å². The fraction of sp³-hybridized carbons (Fsp3) is 0.360. The molecule has 0 spiro atoms. The lowest BCUT2D eigenvalue weighted by atomic mass is 9.83. The van der Waals surface area contributed by atoms with Crippen LogP contribution < -0.4 is 5.73 Å². The van der Waals surface area contributed by atoms with Crippen molar-refractivity contribution in [2.45, 2.75) is 16.7 Å². The van der Waals surface area contributed by atoms with Crippen LogP contribution in [0.25, 0.3) is 0 Å². The van der Waals surface area contributed by atoms with Crippen molar-refractivity contribution in [1.29, 1.82) is 0 Å². The van der Waals surface area contributed by atoms with Gasteiger partial charge in [0, 0.05) is 35.8 Å². The Labute approximate surface area is 216 Å². The van der Waals surface area contributed by atoms with Crippen molar-refractivity contribution in [3.05, 3.63) is 70.2 Å². The molecule has 1 aliphatic carbocycles. The predicted octanol–water partition coefficient (Wildman–Crippen LogP) is 3.07. The van der Waals surface area contributed by atoms with Crippen molar-refractivity contribution in [2.75, 3.05) is 33.0 Å². The normalized spacial score (nSPS) is 27.4. The number of morpholine rings is 1. The second kappa shape index (κ2) is 9.81. The van der Waals surface area contributed by atoms with Gasteiger partial charge in [0.05, 0.1) is 35.4 Å². The van der Waals surface area contributed by atoms with Crippen LogP contribution in [0, 0.1) is 23.6 Å². The maximum Gasteiger partial charge on any atom is 0.205 e. The third-order valence-electron chi connectivity index (χ3n) is 6.67. The van der Waals surface area contributed by atoms with Gasteiger partial charge in [-0.1, -0.05) is 29.3 Å². The van der Waals surface area contributed by atoms with Crippen LogP contribution in [0.5, 0.6) is 0 Å². The number of nitrogens with zero attached hydrogens (tertiary/aromatic N) is 4. The molecule has 1 saturated carbocycles. The Kier molecular flexibility index (Phi) is 6.72. The van der Waals surface area contributed by atoms with Gasteiger partial charge in [-0.15, -0.1) is 0 Å². The highest BCUT2D eigenvalue weighted by molar-refractivity contribution is 8.15. The Balaban J connectivity index is 1.54. The molecule has 0 amide bonds. The van der Waals surface area contributed by atoms with Crippen molar-refractivity contribution in [3.63, 3.8) is 0 Å². The van der Waals surface area contributed by atoms with E-state index in [1.54, 1.807) is 0 Å². The van der Waals surface area contributed by atoms with E-state index < -0.39 is 28.7 Å². The van der Waals surface area contributed by atoms with Crippen LogP contribution >= 0.6 is 23.4 Å². The number of amidine groups is 1. The molecule has 2 fully saturated rings. The van der Waals surface area contributed by atoms with Gasteiger partial charge in [-0.25, -0.2) is 23.7 Å². The zero-order chi connectivity index (χ0) is 25.3. The van der Waals surface area contributed by atoms with E-state index in [-0.39, 0.29) is 16.6 Å². The number of ether oxygens (including phenoxy) is 1. The Morgan fingerprint density at radius 2 is 2.06 bits per heavy atom. The van der Waals surface area contributed by atoms with Crippen LogP contribution in [-0.4, -0.2) is 64.0 Å². The molecule has 2 aromatic rings. The number of allylic oxidation sites excluding steroid dienone is 1. The number of hydrogen-bond acceptors (Lipinski definition) is 8. The highest BCUT2D eigenvalue weighted by Gasteiger charge is 2.70. The molecule has 186 valence electrons. The van der Waals surface area contributed by atoms with E-state index in [1.807, 2.05) is 0 Å². The van der Waals surface area contributed by atoms with E-state index in [1.165, 1.54) is 48.4 Å². The largest absolute Gasteiger partial charge is 0.378 e. The number of halogens is 3. The molecule has 11 heteroatoms. The lowest BCUT2D eigenvalue weighted by molar-refractivity contribution is -0.104. The smallest absolute Gasteiger partial charge is 0.205 e. The first-order valence-electron chi connectivity index (χ1n) is 11.3. The Morgan fingerprint density at radius 1 is 1.31 bits per heavy atom. The summed E-state index contributed by atoms with van der Waals surface area (Å²) < 4.78 is 35.0. The number of alkyl halides is 1. The Morgan fingerprint density at radius 3 is 2.75 bits per heavy atom. The molecule has 1 aromatic heterocycles. The van der Waals surface area contributed by atoms with E-state index in [2.05, 4.69) is 31.7 Å². The SMILES string of the molecule is NC1=N[C@](CF)(c2cc(C#Cc3ncc(Cl)cn3)ccc2F)[C@@H]2C[C@@]2(/C(=C\C=O)N2CCOCC2)S1. The van der Waals surface area contributed by atoms with Gasteiger partial charge in [-0.3, -0.25) is 4.79 Å². The fourth-order valence-corrected chi connectivity index (χ4v) is 6.56. The van der Waals surface area contributed by atoms with E-state index >= 15 is 8.78 Å². The summed E-state index contributed by atoms with van der Waals surface area (Å²) in [5, 5.41) is 0.532. The zero-order valence-corrected chi connectivity index (χ0v) is 20.7. The third kappa shape index (κ3) is 4.36. The zero-order valence-electron chi connectivity index (χ0n) is 19.1. The summed E-state index contributed by atoms with van der Waals surface area (Å²) in [6.07, 6.45) is 5.58. The summed E-state index contributed by atoms with van der Waals surface area (Å²) in [7, 11) is 0. The van der Waals surface area contributed by atoms with E-state index in [0.717, 1.165) is 12.0 Å². The minimum absolute atomic E-state index is 0.0800. The lowest BCUT2D eigenvalue weighted by Gasteiger charge is -2.40. The number of thioether (sulfide) groups is 1. The second-order valence-corrected chi connectivity index (χ2v) is 10.5. The highest BCUT2D eigenvalue weighted by atomic mass is 35.5. The standard InChI is InChI=1S/C25H22ClF2N5O2S/c26-17-13-30-22(31-14-17)4-2-16-1-3-19(28)18(11-16)24(15-27)20-12-25(20,36-23(29)32-24)21(5-8-34)33-6-9-35-10-7-33/h1,3,5,8,11,13-14,20H,6-7,9-10,12,15H2,(H2,29,32)/b21-5+/t20-,24+,25+/m0/s1. The summed E-state index contributed by atoms with van der Waals surface area (Å²) in [4.78, 5) is 26.2. The minimum Gasteiger partial charge on any atom is -0.378 e. The number of rotatable bonds is 5. The van der Waals surface area contributed by atoms with Crippen LogP contribution in [0.1, 0.15) is 23.4 Å². The molecule has 36 heavy (non-hydrogen) atoms. The Bertz CT molecular complexity index is 1310. The third-order valence-corrected chi connectivity index (χ3v) is 8.19. The summed E-state index contributed by atoms with van der Waals surface area (Å²) >= 11 is 7.12. The minimum atomic E-state index is -1.54. The number of aliphatic imine (C=N–C) groups is 1. The molecule has 2 aliphatic heterocycles. The van der Waals surface area contributed by atoms with Crippen molar-refractivity contribution in [1.82, 2.24) is 14.9 Å². The molecule has 1 saturated heterocycles. The molecule has 3 heterocycles. The van der Waals surface area contributed by atoms with Gasteiger partial charge < -0.3 is 15.4 Å². The van der Waals surface area contributed by atoms with Crippen molar-refractivity contribution in [2.24, 2.45) is 16.6 Å². The van der Waals surface area contributed by atoms with Crippen molar-refractivity contribution >= 4 is 34.8 Å². The first-order valence-corrected chi connectivity index (χ1v) is 12.5. The number of benzene rings is 1. The van der Waals surface area contributed by atoms with Gasteiger partial charge in [0.1, 0.15) is 24.3 Å².